The summed E-state index contributed by atoms with van der Waals surface area (Å²) in [5.41, 5.74) is 4.52. The monoisotopic (exact) mass is 490 g/mol. The second kappa shape index (κ2) is 11.9. The van der Waals surface area contributed by atoms with E-state index in [1.165, 1.54) is 11.0 Å². The quantitative estimate of drug-likeness (QED) is 0.374. The smallest absolute Gasteiger partial charge is 0.410 e. The van der Waals surface area contributed by atoms with Crippen LogP contribution in [0.4, 0.5) is 4.79 Å². The number of ether oxygens (including phenoxy) is 2. The summed E-state index contributed by atoms with van der Waals surface area (Å²) in [6.07, 6.45) is 3.54. The zero-order chi connectivity index (χ0) is 25.5. The van der Waals surface area contributed by atoms with E-state index in [1.54, 1.807) is 11.8 Å². The van der Waals surface area contributed by atoms with Crippen LogP contribution in [0.25, 0.3) is 11.1 Å². The van der Waals surface area contributed by atoms with Gasteiger partial charge in [-0.3, -0.25) is 14.5 Å². The summed E-state index contributed by atoms with van der Waals surface area (Å²) in [5, 5.41) is 0. The normalized spacial score (nSPS) is 15.4. The maximum atomic E-state index is 13.4. The number of hydrogen-bond acceptors (Lipinski definition) is 5. The highest BCUT2D eigenvalue weighted by Crippen LogP contribution is 2.44. The van der Waals surface area contributed by atoms with Gasteiger partial charge < -0.3 is 14.4 Å². The summed E-state index contributed by atoms with van der Waals surface area (Å²) in [5.74, 6) is -0.871. The predicted octanol–water partition coefficient (Wildman–Crippen LogP) is 4.76. The van der Waals surface area contributed by atoms with Crippen LogP contribution < -0.4 is 0 Å². The van der Waals surface area contributed by atoms with Gasteiger partial charge in [0.2, 0.25) is 5.91 Å². The van der Waals surface area contributed by atoms with E-state index in [0.29, 0.717) is 13.1 Å². The second-order valence-corrected chi connectivity index (χ2v) is 9.17. The Morgan fingerprint density at radius 3 is 2.19 bits per heavy atom. The Morgan fingerprint density at radius 1 is 1.00 bits per heavy atom. The number of likely N-dealkylation sites (N-methyl/N-ethyl adjacent to an activating group) is 1. The molecule has 2 aromatic rings. The highest BCUT2D eigenvalue weighted by molar-refractivity contribution is 5.90. The molecule has 190 valence electrons. The Balaban J connectivity index is 1.51. The largest absolute Gasteiger partial charge is 0.461 e. The molecule has 4 rings (SSSR count). The van der Waals surface area contributed by atoms with Gasteiger partial charge in [0.15, 0.2) is 0 Å². The number of carbonyl (C=O) groups excluding carboxylic acids is 3. The van der Waals surface area contributed by atoms with Gasteiger partial charge in [-0.15, -0.1) is 0 Å². The van der Waals surface area contributed by atoms with Crippen LogP contribution >= 0.6 is 0 Å². The van der Waals surface area contributed by atoms with E-state index in [1.807, 2.05) is 24.3 Å². The van der Waals surface area contributed by atoms with Gasteiger partial charge in [-0.25, -0.2) is 4.79 Å². The molecular weight excluding hydrogens is 456 g/mol. The first-order chi connectivity index (χ1) is 17.5. The van der Waals surface area contributed by atoms with Gasteiger partial charge in [0.1, 0.15) is 19.3 Å². The van der Waals surface area contributed by atoms with Gasteiger partial charge in [0.05, 0.1) is 6.42 Å². The molecule has 2 aromatic carbocycles. The van der Waals surface area contributed by atoms with Gasteiger partial charge in [-0.1, -0.05) is 61.2 Å². The van der Waals surface area contributed by atoms with E-state index >= 15 is 0 Å². The first kappa shape index (κ1) is 25.5. The molecule has 1 heterocycles. The van der Waals surface area contributed by atoms with Gasteiger partial charge >= 0.3 is 12.1 Å². The molecule has 0 unspecified atom stereocenters. The van der Waals surface area contributed by atoms with Gasteiger partial charge in [0.25, 0.3) is 0 Å². The molecule has 1 saturated heterocycles. The number of esters is 1. The molecule has 2 aliphatic rings. The summed E-state index contributed by atoms with van der Waals surface area (Å²) in [7, 11) is 0. The number of amides is 2. The first-order valence-corrected chi connectivity index (χ1v) is 12.7. The number of hydrogen-bond donors (Lipinski definition) is 0. The predicted molar refractivity (Wildman–Crippen MR) is 137 cm³/mol. The molecule has 2 amide bonds. The van der Waals surface area contributed by atoms with Crippen LogP contribution in [0, 0.1) is 0 Å². The maximum Gasteiger partial charge on any atom is 0.410 e. The van der Waals surface area contributed by atoms with Gasteiger partial charge in [0, 0.05) is 25.6 Å². The average molecular weight is 491 g/mol. The summed E-state index contributed by atoms with van der Waals surface area (Å²) in [6.45, 7) is 7.03. The van der Waals surface area contributed by atoms with Crippen LogP contribution in [-0.2, 0) is 19.1 Å². The van der Waals surface area contributed by atoms with Crippen LogP contribution in [0.15, 0.2) is 61.2 Å². The molecule has 0 N–H and O–H groups in total. The lowest BCUT2D eigenvalue weighted by atomic mass is 9.98. The van der Waals surface area contributed by atoms with Crippen molar-refractivity contribution in [3.63, 3.8) is 0 Å². The van der Waals surface area contributed by atoms with Crippen LogP contribution in [0.1, 0.15) is 49.7 Å². The van der Waals surface area contributed by atoms with Crippen molar-refractivity contribution in [2.24, 2.45) is 0 Å². The Hall–Kier alpha value is -3.61. The Morgan fingerprint density at radius 2 is 1.61 bits per heavy atom. The fourth-order valence-corrected chi connectivity index (χ4v) is 5.18. The van der Waals surface area contributed by atoms with Crippen molar-refractivity contribution in [2.75, 3.05) is 32.8 Å². The first-order valence-electron chi connectivity index (χ1n) is 12.7. The lowest BCUT2D eigenvalue weighted by Gasteiger charge is -2.35. The molecule has 0 radical (unpaired) electrons. The number of fused-ring (bicyclic) bond motifs is 3. The van der Waals surface area contributed by atoms with E-state index in [4.69, 9.17) is 9.47 Å². The lowest BCUT2D eigenvalue weighted by Crippen LogP contribution is -2.53. The van der Waals surface area contributed by atoms with E-state index in [2.05, 4.69) is 30.8 Å². The lowest BCUT2D eigenvalue weighted by molar-refractivity contribution is -0.149. The number of rotatable bonds is 9. The molecule has 1 atom stereocenters. The van der Waals surface area contributed by atoms with Crippen molar-refractivity contribution in [3.8, 4) is 11.1 Å². The molecule has 1 aliphatic carbocycles. The molecule has 1 fully saturated rings. The highest BCUT2D eigenvalue weighted by Gasteiger charge is 2.37. The van der Waals surface area contributed by atoms with Gasteiger partial charge in [-0.05, 0) is 48.4 Å². The molecule has 36 heavy (non-hydrogen) atoms. The van der Waals surface area contributed by atoms with E-state index in [0.717, 1.165) is 41.5 Å². The summed E-state index contributed by atoms with van der Waals surface area (Å²) in [4.78, 5) is 42.4. The van der Waals surface area contributed by atoms with Crippen LogP contribution in [0.2, 0.25) is 0 Å². The zero-order valence-corrected chi connectivity index (χ0v) is 20.9. The summed E-state index contributed by atoms with van der Waals surface area (Å²) in [6, 6.07) is 15.3. The molecule has 7 nitrogen and oxygen atoms in total. The van der Waals surface area contributed by atoms with Crippen molar-refractivity contribution in [1.29, 1.82) is 0 Å². The minimum Gasteiger partial charge on any atom is -0.461 e. The number of likely N-dealkylation sites (tertiary alicyclic amines) is 1. The number of piperidine rings is 1. The highest BCUT2D eigenvalue weighted by atomic mass is 16.6. The van der Waals surface area contributed by atoms with E-state index in [9.17, 15) is 14.4 Å². The number of nitrogens with zero attached hydrogens (tertiary/aromatic N) is 2. The SMILES string of the molecule is C=CCOC(=O)C[C@@H](C(=O)N1CCCCC1)N(CC)C(=O)OCC1c2ccccc2-c2ccccc21. The van der Waals surface area contributed by atoms with E-state index in [-0.39, 0.29) is 38.0 Å². The van der Waals surface area contributed by atoms with Gasteiger partial charge in [-0.2, -0.15) is 0 Å². The van der Waals surface area contributed by atoms with Crippen molar-refractivity contribution in [2.45, 2.75) is 44.6 Å². The summed E-state index contributed by atoms with van der Waals surface area (Å²) < 4.78 is 11.0. The second-order valence-electron chi connectivity index (χ2n) is 9.17. The third-order valence-corrected chi connectivity index (χ3v) is 6.96. The molecule has 7 heteroatoms. The van der Waals surface area contributed by atoms with Crippen molar-refractivity contribution < 1.29 is 23.9 Å². The minimum atomic E-state index is -0.971. The number of benzene rings is 2. The molecule has 0 spiro atoms. The van der Waals surface area contributed by atoms with Crippen molar-refractivity contribution >= 4 is 18.0 Å². The summed E-state index contributed by atoms with van der Waals surface area (Å²) >= 11 is 0. The van der Waals surface area contributed by atoms with E-state index < -0.39 is 18.1 Å². The van der Waals surface area contributed by atoms with Crippen LogP contribution in [0.5, 0.6) is 0 Å². The maximum absolute atomic E-state index is 13.4. The average Bonchev–Trinajstić information content (AvgIpc) is 3.24. The standard InChI is InChI=1S/C29H34N2O5/c1-3-18-35-27(32)19-26(28(33)30-16-10-5-11-17-30)31(4-2)29(34)36-20-25-23-14-8-6-12-21(23)22-13-7-9-15-24(22)25/h3,6-9,12-15,25-26H,1,4-5,10-11,16-20H2,2H3/t26-/m0/s1. The molecule has 1 aliphatic heterocycles. The van der Waals surface area contributed by atoms with Crippen LogP contribution in [0.3, 0.4) is 0 Å². The fourth-order valence-electron chi connectivity index (χ4n) is 5.18. The molecule has 0 aromatic heterocycles. The Labute approximate surface area is 212 Å². The minimum absolute atomic E-state index is 0.0561. The Kier molecular flexibility index (Phi) is 8.41. The molecular formula is C29H34N2O5. The Bertz CT molecular complexity index is 1060. The number of carbonyl (C=O) groups is 3. The third kappa shape index (κ3) is 5.45. The van der Waals surface area contributed by atoms with Crippen LogP contribution in [-0.4, -0.2) is 66.7 Å². The molecule has 0 bridgehead atoms. The third-order valence-electron chi connectivity index (χ3n) is 6.96. The molecule has 0 saturated carbocycles. The van der Waals surface area contributed by atoms with Crippen molar-refractivity contribution in [1.82, 2.24) is 9.80 Å². The topological polar surface area (TPSA) is 76.2 Å². The fraction of sp³-hybridized carbons (Fsp3) is 0.414. The zero-order valence-electron chi connectivity index (χ0n) is 20.9. The van der Waals surface area contributed by atoms with Crippen molar-refractivity contribution in [3.05, 3.63) is 72.3 Å².